The smallest absolute Gasteiger partial charge is 0.153 e. The summed E-state index contributed by atoms with van der Waals surface area (Å²) in [5.41, 5.74) is 0.183. The first-order valence-electron chi connectivity index (χ1n) is 5.18. The fraction of sp³-hybridized carbons (Fsp3) is 0.417. The van der Waals surface area contributed by atoms with Gasteiger partial charge in [0.05, 0.1) is 6.04 Å². The maximum atomic E-state index is 12.8. The Labute approximate surface area is 93.8 Å². The molecule has 1 aromatic rings. The first kappa shape index (κ1) is 11.2. The van der Waals surface area contributed by atoms with E-state index in [1.807, 2.05) is 0 Å². The number of rotatable bonds is 2. The Balaban J connectivity index is 2.23. The molecule has 0 N–H and O–H groups in total. The van der Waals surface area contributed by atoms with Crippen molar-refractivity contribution < 1.29 is 14.0 Å². The number of benzene rings is 1. The number of hydrogen-bond acceptors (Lipinski definition) is 3. The summed E-state index contributed by atoms with van der Waals surface area (Å²) < 4.78 is 12.8. The Morgan fingerprint density at radius 1 is 1.50 bits per heavy atom. The number of hydrogen-bond donors (Lipinski definition) is 0. The predicted molar refractivity (Wildman–Crippen MR) is 57.1 cm³/mol. The molecule has 2 rings (SSSR count). The Morgan fingerprint density at radius 2 is 2.12 bits per heavy atom. The molecule has 1 saturated heterocycles. The number of hydroxylamine groups is 2. The molecule has 4 heteroatoms. The fourth-order valence-corrected chi connectivity index (χ4v) is 2.02. The summed E-state index contributed by atoms with van der Waals surface area (Å²) in [7, 11) is 1.78. The summed E-state index contributed by atoms with van der Waals surface area (Å²) in [6.45, 7) is 1.75. The zero-order chi connectivity index (χ0) is 11.8. The van der Waals surface area contributed by atoms with Gasteiger partial charge in [0.1, 0.15) is 11.4 Å². The zero-order valence-electron chi connectivity index (χ0n) is 9.31. The van der Waals surface area contributed by atoms with E-state index in [9.17, 15) is 9.18 Å². The first-order valence-corrected chi connectivity index (χ1v) is 5.18. The summed E-state index contributed by atoms with van der Waals surface area (Å²) in [6.07, 6.45) is 1.39. The molecule has 86 valence electrons. The van der Waals surface area contributed by atoms with Gasteiger partial charge < -0.3 is 4.79 Å². The molecule has 1 fully saturated rings. The molecule has 1 aliphatic heterocycles. The number of halogens is 1. The highest BCUT2D eigenvalue weighted by molar-refractivity contribution is 5.62. The van der Waals surface area contributed by atoms with Gasteiger partial charge in [0.15, 0.2) is 6.29 Å². The monoisotopic (exact) mass is 223 g/mol. The SMILES string of the molecule is CN1O[C@](C)(C=O)C[C@H]1c1ccc(F)cc1. The van der Waals surface area contributed by atoms with E-state index in [0.717, 1.165) is 11.8 Å². The van der Waals surface area contributed by atoms with Gasteiger partial charge in [-0.2, -0.15) is 5.06 Å². The Bertz CT molecular complexity index is 393. The minimum Gasteiger partial charge on any atom is -0.300 e. The maximum absolute atomic E-state index is 12.8. The van der Waals surface area contributed by atoms with Crippen molar-refractivity contribution in [3.63, 3.8) is 0 Å². The van der Waals surface area contributed by atoms with Crippen LogP contribution in [0.3, 0.4) is 0 Å². The lowest BCUT2D eigenvalue weighted by Crippen LogP contribution is -2.27. The molecule has 1 heterocycles. The molecule has 0 amide bonds. The summed E-state index contributed by atoms with van der Waals surface area (Å²) in [5, 5.41) is 1.65. The molecular weight excluding hydrogens is 209 g/mol. The Kier molecular flexibility index (Phi) is 2.78. The van der Waals surface area contributed by atoms with E-state index >= 15 is 0 Å². The average Bonchev–Trinajstić information content (AvgIpc) is 2.57. The highest BCUT2D eigenvalue weighted by Gasteiger charge is 2.41. The highest BCUT2D eigenvalue weighted by atomic mass is 19.1. The molecular formula is C12H14FNO2. The molecule has 3 nitrogen and oxygen atoms in total. The van der Waals surface area contributed by atoms with E-state index in [1.165, 1.54) is 12.1 Å². The second-order valence-electron chi connectivity index (χ2n) is 4.34. The van der Waals surface area contributed by atoms with E-state index in [-0.39, 0.29) is 11.9 Å². The van der Waals surface area contributed by atoms with Crippen LogP contribution in [0.15, 0.2) is 24.3 Å². The summed E-state index contributed by atoms with van der Waals surface area (Å²) in [6, 6.07) is 6.27. The number of aldehydes is 1. The third-order valence-electron chi connectivity index (χ3n) is 2.89. The van der Waals surface area contributed by atoms with Gasteiger partial charge in [-0.05, 0) is 24.6 Å². The van der Waals surface area contributed by atoms with Crippen LogP contribution in [0, 0.1) is 5.82 Å². The van der Waals surface area contributed by atoms with Gasteiger partial charge in [-0.25, -0.2) is 4.39 Å². The maximum Gasteiger partial charge on any atom is 0.153 e. The van der Waals surface area contributed by atoms with Crippen LogP contribution in [0.4, 0.5) is 4.39 Å². The molecule has 1 aromatic carbocycles. The molecule has 0 spiro atoms. The third kappa shape index (κ3) is 1.99. The van der Waals surface area contributed by atoms with Crippen LogP contribution >= 0.6 is 0 Å². The molecule has 16 heavy (non-hydrogen) atoms. The lowest BCUT2D eigenvalue weighted by Gasteiger charge is -2.18. The zero-order valence-corrected chi connectivity index (χ0v) is 9.31. The molecule has 0 aromatic heterocycles. The van der Waals surface area contributed by atoms with Crippen molar-refractivity contribution in [2.45, 2.75) is 25.0 Å². The van der Waals surface area contributed by atoms with Gasteiger partial charge in [-0.1, -0.05) is 12.1 Å². The topological polar surface area (TPSA) is 29.5 Å². The largest absolute Gasteiger partial charge is 0.300 e. The molecule has 0 aliphatic carbocycles. The van der Waals surface area contributed by atoms with Gasteiger partial charge >= 0.3 is 0 Å². The second kappa shape index (κ2) is 3.96. The van der Waals surface area contributed by atoms with Crippen molar-refractivity contribution >= 4 is 6.29 Å². The van der Waals surface area contributed by atoms with Gasteiger partial charge in [0, 0.05) is 13.5 Å². The standard InChI is InChI=1S/C12H14FNO2/c1-12(8-15)7-11(14(2)16-12)9-3-5-10(13)6-4-9/h3-6,8,11H,7H2,1-2H3/t11-,12-/m0/s1. The van der Waals surface area contributed by atoms with Gasteiger partial charge in [0.25, 0.3) is 0 Å². The van der Waals surface area contributed by atoms with Crippen molar-refractivity contribution in [1.82, 2.24) is 5.06 Å². The van der Waals surface area contributed by atoms with Crippen molar-refractivity contribution in [1.29, 1.82) is 0 Å². The Hall–Kier alpha value is -1.26. The molecule has 1 aliphatic rings. The number of carbonyl (C=O) groups is 1. The van der Waals surface area contributed by atoms with Crippen LogP contribution in [-0.2, 0) is 9.63 Å². The normalized spacial score (nSPS) is 30.6. The number of nitrogens with zero attached hydrogens (tertiary/aromatic N) is 1. The van der Waals surface area contributed by atoms with Crippen molar-refractivity contribution in [3.05, 3.63) is 35.6 Å². The van der Waals surface area contributed by atoms with Gasteiger partial charge in [-0.15, -0.1) is 0 Å². The van der Waals surface area contributed by atoms with Crippen LogP contribution in [-0.4, -0.2) is 24.0 Å². The molecule has 0 saturated carbocycles. The third-order valence-corrected chi connectivity index (χ3v) is 2.89. The second-order valence-corrected chi connectivity index (χ2v) is 4.34. The summed E-state index contributed by atoms with van der Waals surface area (Å²) >= 11 is 0. The molecule has 2 atom stereocenters. The quantitative estimate of drug-likeness (QED) is 0.719. The van der Waals surface area contributed by atoms with E-state index in [4.69, 9.17) is 4.84 Å². The average molecular weight is 223 g/mol. The lowest BCUT2D eigenvalue weighted by atomic mass is 9.95. The minimum atomic E-state index is -0.770. The van der Waals surface area contributed by atoms with Crippen LogP contribution in [0.25, 0.3) is 0 Å². The summed E-state index contributed by atoms with van der Waals surface area (Å²) in [4.78, 5) is 16.4. The van der Waals surface area contributed by atoms with Crippen LogP contribution in [0.2, 0.25) is 0 Å². The first-order chi connectivity index (χ1) is 7.54. The fourth-order valence-electron chi connectivity index (χ4n) is 2.02. The van der Waals surface area contributed by atoms with E-state index in [2.05, 4.69) is 0 Å². The van der Waals surface area contributed by atoms with E-state index in [1.54, 1.807) is 31.2 Å². The van der Waals surface area contributed by atoms with E-state index in [0.29, 0.717) is 6.42 Å². The lowest BCUT2D eigenvalue weighted by molar-refractivity contribution is -0.182. The molecule has 0 unspecified atom stereocenters. The van der Waals surface area contributed by atoms with Crippen molar-refractivity contribution in [3.8, 4) is 0 Å². The van der Waals surface area contributed by atoms with Crippen molar-refractivity contribution in [2.75, 3.05) is 7.05 Å². The minimum absolute atomic E-state index is 0.00389. The summed E-state index contributed by atoms with van der Waals surface area (Å²) in [5.74, 6) is -0.261. The van der Waals surface area contributed by atoms with Gasteiger partial charge in [-0.3, -0.25) is 4.84 Å². The van der Waals surface area contributed by atoms with Gasteiger partial charge in [0.2, 0.25) is 0 Å². The Morgan fingerprint density at radius 3 is 2.62 bits per heavy atom. The number of carbonyl (C=O) groups excluding carboxylic acids is 1. The van der Waals surface area contributed by atoms with E-state index < -0.39 is 5.60 Å². The highest BCUT2D eigenvalue weighted by Crippen LogP contribution is 2.37. The molecule has 0 bridgehead atoms. The van der Waals surface area contributed by atoms with Crippen LogP contribution < -0.4 is 0 Å². The van der Waals surface area contributed by atoms with Crippen LogP contribution in [0.1, 0.15) is 24.9 Å². The van der Waals surface area contributed by atoms with Crippen LogP contribution in [0.5, 0.6) is 0 Å². The van der Waals surface area contributed by atoms with Crippen molar-refractivity contribution in [2.24, 2.45) is 0 Å². The molecule has 0 radical (unpaired) electrons. The predicted octanol–water partition coefficient (Wildman–Crippen LogP) is 2.09.